The minimum Gasteiger partial charge on any atom is -0.321 e. The summed E-state index contributed by atoms with van der Waals surface area (Å²) in [5, 5.41) is 7.42. The fourth-order valence-electron chi connectivity index (χ4n) is 2.82. The molecule has 3 aromatic carbocycles. The van der Waals surface area contributed by atoms with Crippen molar-refractivity contribution >= 4 is 81.7 Å². The van der Waals surface area contributed by atoms with Crippen LogP contribution in [0.4, 0.5) is 11.4 Å². The molecule has 0 aliphatic heterocycles. The Morgan fingerprint density at radius 1 is 0.667 bits per heavy atom. The molecule has 0 saturated carbocycles. The highest BCUT2D eigenvalue weighted by molar-refractivity contribution is 6.36. The predicted octanol–water partition coefficient (Wildman–Crippen LogP) is 7.91. The molecule has 2 amide bonds. The van der Waals surface area contributed by atoms with E-state index < -0.39 is 0 Å². The van der Waals surface area contributed by atoms with Gasteiger partial charge in [0.15, 0.2) is 0 Å². The van der Waals surface area contributed by atoms with E-state index in [2.05, 4.69) is 10.6 Å². The summed E-state index contributed by atoms with van der Waals surface area (Å²) in [5.41, 5.74) is 3.12. The first-order chi connectivity index (χ1) is 15.7. The van der Waals surface area contributed by atoms with E-state index in [0.717, 1.165) is 5.56 Å². The third-order valence-electron chi connectivity index (χ3n) is 4.44. The average molecular weight is 520 g/mol. The van der Waals surface area contributed by atoms with E-state index in [1.54, 1.807) is 60.7 Å². The van der Waals surface area contributed by atoms with Crippen molar-refractivity contribution in [2.45, 2.75) is 6.92 Å². The summed E-state index contributed by atoms with van der Waals surface area (Å²) in [6.45, 7) is 1.88. The zero-order valence-corrected chi connectivity index (χ0v) is 20.4. The summed E-state index contributed by atoms with van der Waals surface area (Å²) < 4.78 is 0. The number of carbonyl (C=O) groups is 2. The molecule has 3 aromatic rings. The summed E-state index contributed by atoms with van der Waals surface area (Å²) in [7, 11) is 0. The van der Waals surface area contributed by atoms with Crippen molar-refractivity contribution in [2.75, 3.05) is 10.6 Å². The number of rotatable bonds is 6. The predicted molar refractivity (Wildman–Crippen MR) is 139 cm³/mol. The molecule has 3 rings (SSSR count). The highest BCUT2D eigenvalue weighted by Crippen LogP contribution is 2.25. The van der Waals surface area contributed by atoms with E-state index in [0.29, 0.717) is 42.6 Å². The van der Waals surface area contributed by atoms with Crippen LogP contribution in [0.25, 0.3) is 12.2 Å². The molecule has 0 fully saturated rings. The van der Waals surface area contributed by atoms with Crippen molar-refractivity contribution < 1.29 is 9.59 Å². The van der Waals surface area contributed by atoms with Gasteiger partial charge in [0.05, 0.1) is 11.4 Å². The quantitative estimate of drug-likeness (QED) is 0.325. The van der Waals surface area contributed by atoms with Gasteiger partial charge in [-0.25, -0.2) is 0 Å². The third-order valence-corrected chi connectivity index (χ3v) is 5.57. The maximum atomic E-state index is 12.5. The number of benzene rings is 3. The number of halogens is 4. The fraction of sp³-hybridized carbons (Fsp3) is 0.0400. The van der Waals surface area contributed by atoms with Gasteiger partial charge in [-0.1, -0.05) is 64.6 Å². The van der Waals surface area contributed by atoms with Crippen LogP contribution >= 0.6 is 46.4 Å². The second kappa shape index (κ2) is 11.4. The Morgan fingerprint density at radius 3 is 1.64 bits per heavy atom. The van der Waals surface area contributed by atoms with Crippen LogP contribution in [0.15, 0.2) is 66.7 Å². The Balaban J connectivity index is 1.71. The van der Waals surface area contributed by atoms with Crippen LogP contribution in [-0.4, -0.2) is 11.8 Å². The van der Waals surface area contributed by atoms with E-state index in [-0.39, 0.29) is 11.8 Å². The summed E-state index contributed by atoms with van der Waals surface area (Å²) in [4.78, 5) is 24.9. The first-order valence-electron chi connectivity index (χ1n) is 9.70. The van der Waals surface area contributed by atoms with Crippen LogP contribution < -0.4 is 10.6 Å². The summed E-state index contributed by atoms with van der Waals surface area (Å²) in [5.74, 6) is -0.769. The van der Waals surface area contributed by atoms with Crippen molar-refractivity contribution in [3.8, 4) is 0 Å². The van der Waals surface area contributed by atoms with Crippen LogP contribution in [0.3, 0.4) is 0 Å². The lowest BCUT2D eigenvalue weighted by Gasteiger charge is -2.11. The number of anilines is 2. The lowest BCUT2D eigenvalue weighted by Crippen LogP contribution is -2.14. The topological polar surface area (TPSA) is 58.2 Å². The summed E-state index contributed by atoms with van der Waals surface area (Å²) in [6, 6.07) is 15.3. The van der Waals surface area contributed by atoms with Crippen molar-refractivity contribution in [3.05, 3.63) is 104 Å². The van der Waals surface area contributed by atoms with Gasteiger partial charge < -0.3 is 10.6 Å². The third kappa shape index (κ3) is 7.37. The summed E-state index contributed by atoms with van der Waals surface area (Å²) in [6.07, 6.45) is 5.87. The number of nitrogens with one attached hydrogen (secondary N) is 2. The number of amides is 2. The van der Waals surface area contributed by atoms with Gasteiger partial charge in [0, 0.05) is 32.2 Å². The first-order valence-corrected chi connectivity index (χ1v) is 11.2. The molecule has 0 spiro atoms. The lowest BCUT2D eigenvalue weighted by molar-refractivity contribution is -0.112. The van der Waals surface area contributed by atoms with Crippen molar-refractivity contribution in [3.63, 3.8) is 0 Å². The first kappa shape index (κ1) is 24.9. The highest BCUT2D eigenvalue weighted by Gasteiger charge is 2.09. The molecular weight excluding hydrogens is 502 g/mol. The molecule has 4 nitrogen and oxygen atoms in total. The molecule has 0 aromatic heterocycles. The maximum absolute atomic E-state index is 12.5. The monoisotopic (exact) mass is 518 g/mol. The second-order valence-electron chi connectivity index (χ2n) is 7.03. The van der Waals surface area contributed by atoms with Gasteiger partial charge in [-0.15, -0.1) is 0 Å². The van der Waals surface area contributed by atoms with E-state index in [1.807, 2.05) is 13.0 Å². The molecule has 0 bridgehead atoms. The van der Waals surface area contributed by atoms with Crippen molar-refractivity contribution in [1.82, 2.24) is 0 Å². The maximum Gasteiger partial charge on any atom is 0.248 e. The van der Waals surface area contributed by atoms with Gasteiger partial charge in [-0.3, -0.25) is 9.59 Å². The molecule has 0 aliphatic rings. The van der Waals surface area contributed by atoms with Gasteiger partial charge in [0.25, 0.3) is 0 Å². The minimum atomic E-state index is -0.385. The van der Waals surface area contributed by atoms with Crippen molar-refractivity contribution in [2.24, 2.45) is 0 Å². The van der Waals surface area contributed by atoms with Gasteiger partial charge >= 0.3 is 0 Å². The van der Waals surface area contributed by atoms with Crippen LogP contribution in [-0.2, 0) is 9.59 Å². The molecule has 0 heterocycles. The Morgan fingerprint density at radius 2 is 1.15 bits per heavy atom. The molecule has 0 saturated heterocycles. The lowest BCUT2D eigenvalue weighted by atomic mass is 10.1. The summed E-state index contributed by atoms with van der Waals surface area (Å²) >= 11 is 24.0. The Labute approximate surface area is 211 Å². The largest absolute Gasteiger partial charge is 0.321 e. The van der Waals surface area contributed by atoms with Gasteiger partial charge in [-0.05, 0) is 72.2 Å². The smallest absolute Gasteiger partial charge is 0.248 e. The van der Waals surface area contributed by atoms with Gasteiger partial charge in [-0.2, -0.15) is 0 Å². The average Bonchev–Trinajstić information content (AvgIpc) is 2.74. The second-order valence-corrected chi connectivity index (χ2v) is 8.71. The SMILES string of the molecule is Cc1ccc(NC(=O)/C=C/c2ccc(Cl)cc2Cl)c(NC(=O)/C=C\c2ccc(Cl)cc2Cl)c1. The Bertz CT molecular complexity index is 1270. The molecule has 0 radical (unpaired) electrons. The standard InChI is InChI=1S/C25H18Cl4N2O2/c1-15-2-9-22(30-24(32)10-5-16-3-7-18(26)13-20(16)28)23(12-15)31-25(33)11-6-17-4-8-19(27)14-21(17)29/h2-14H,1H3,(H,30,32)(H,31,33)/b10-5+,11-6-. The molecule has 8 heteroatoms. The molecule has 0 unspecified atom stereocenters. The fourth-order valence-corrected chi connectivity index (χ4v) is 3.77. The minimum absolute atomic E-state index is 0.384. The number of carbonyl (C=O) groups excluding carboxylic acids is 2. The molecule has 0 aliphatic carbocycles. The number of aryl methyl sites for hydroxylation is 1. The van der Waals surface area contributed by atoms with Crippen LogP contribution in [0.1, 0.15) is 16.7 Å². The normalized spacial score (nSPS) is 11.2. The Kier molecular flexibility index (Phi) is 8.59. The van der Waals surface area contributed by atoms with Crippen LogP contribution in [0, 0.1) is 6.92 Å². The van der Waals surface area contributed by atoms with Crippen LogP contribution in [0.5, 0.6) is 0 Å². The van der Waals surface area contributed by atoms with Crippen LogP contribution in [0.2, 0.25) is 20.1 Å². The molecule has 33 heavy (non-hydrogen) atoms. The molecule has 168 valence electrons. The molecular formula is C25H18Cl4N2O2. The zero-order valence-electron chi connectivity index (χ0n) is 17.3. The van der Waals surface area contributed by atoms with Gasteiger partial charge in [0.2, 0.25) is 11.8 Å². The van der Waals surface area contributed by atoms with Crippen molar-refractivity contribution in [1.29, 1.82) is 0 Å². The number of hydrogen-bond acceptors (Lipinski definition) is 2. The zero-order chi connectivity index (χ0) is 24.0. The molecule has 0 atom stereocenters. The van der Waals surface area contributed by atoms with E-state index >= 15 is 0 Å². The highest BCUT2D eigenvalue weighted by atomic mass is 35.5. The number of hydrogen-bond donors (Lipinski definition) is 2. The molecule has 2 N–H and O–H groups in total. The van der Waals surface area contributed by atoms with E-state index in [9.17, 15) is 9.59 Å². The van der Waals surface area contributed by atoms with E-state index in [1.165, 1.54) is 12.2 Å². The van der Waals surface area contributed by atoms with Gasteiger partial charge in [0.1, 0.15) is 0 Å². The Hall–Kier alpha value is -2.76. The van der Waals surface area contributed by atoms with E-state index in [4.69, 9.17) is 46.4 Å².